The number of carbonyl (C=O) groups is 1. The molecule has 0 unspecified atom stereocenters. The van der Waals surface area contributed by atoms with Crippen LogP contribution in [0.15, 0.2) is 51.8 Å². The van der Waals surface area contributed by atoms with Gasteiger partial charge in [-0.25, -0.2) is 4.39 Å². The summed E-state index contributed by atoms with van der Waals surface area (Å²) in [5.74, 6) is 0.158. The molecule has 0 radical (unpaired) electrons. The fourth-order valence-electron chi connectivity index (χ4n) is 3.41. The molecule has 1 fully saturated rings. The molecule has 0 atom stereocenters. The Kier molecular flexibility index (Phi) is 5.54. The van der Waals surface area contributed by atoms with Gasteiger partial charge in [0.25, 0.3) is 5.91 Å². The second kappa shape index (κ2) is 8.24. The van der Waals surface area contributed by atoms with Crippen LogP contribution in [0.3, 0.4) is 0 Å². The van der Waals surface area contributed by atoms with Crippen molar-refractivity contribution < 1.29 is 9.18 Å². The summed E-state index contributed by atoms with van der Waals surface area (Å²) in [6.07, 6.45) is 5.44. The van der Waals surface area contributed by atoms with Crippen molar-refractivity contribution in [3.05, 3.63) is 58.2 Å². The molecule has 1 saturated heterocycles. The number of amides is 1. The van der Waals surface area contributed by atoms with Gasteiger partial charge in [-0.1, -0.05) is 6.07 Å². The van der Waals surface area contributed by atoms with Crippen molar-refractivity contribution in [2.24, 2.45) is 4.99 Å². The molecule has 0 saturated carbocycles. The molecule has 2 aliphatic rings. The second-order valence-corrected chi connectivity index (χ2v) is 7.53. The first kappa shape index (κ1) is 18.8. The van der Waals surface area contributed by atoms with E-state index >= 15 is 0 Å². The lowest BCUT2D eigenvalue weighted by Crippen LogP contribution is -2.50. The summed E-state index contributed by atoms with van der Waals surface area (Å²) in [5, 5.41) is 7.01. The Hall–Kier alpha value is -2.52. The highest BCUT2D eigenvalue weighted by Crippen LogP contribution is 2.22. The van der Waals surface area contributed by atoms with Gasteiger partial charge in [0.2, 0.25) is 0 Å². The smallest absolute Gasteiger partial charge is 0.256 e. The Morgan fingerprint density at radius 3 is 2.79 bits per heavy atom. The number of aliphatic imine (C=N–C) groups is 1. The Bertz CT molecular complexity index is 905. The van der Waals surface area contributed by atoms with E-state index in [2.05, 4.69) is 40.9 Å². The molecule has 1 aromatic carbocycles. The van der Waals surface area contributed by atoms with Gasteiger partial charge in [0.15, 0.2) is 0 Å². The average molecular weight is 447 g/mol. The van der Waals surface area contributed by atoms with Gasteiger partial charge in [-0.2, -0.15) is 5.10 Å². The van der Waals surface area contributed by atoms with Gasteiger partial charge in [-0.3, -0.25) is 19.8 Å². The number of rotatable bonds is 4. The average Bonchev–Trinajstić information content (AvgIpc) is 3.25. The van der Waals surface area contributed by atoms with Crippen LogP contribution in [0.5, 0.6) is 0 Å². The van der Waals surface area contributed by atoms with Crippen LogP contribution >= 0.6 is 15.9 Å². The van der Waals surface area contributed by atoms with E-state index in [1.165, 1.54) is 6.07 Å². The summed E-state index contributed by atoms with van der Waals surface area (Å²) in [5.41, 5.74) is 1.18. The molecule has 9 heteroatoms. The highest BCUT2D eigenvalue weighted by atomic mass is 79.9. The van der Waals surface area contributed by atoms with Crippen molar-refractivity contribution in [2.75, 3.05) is 44.2 Å². The second-order valence-electron chi connectivity index (χ2n) is 6.67. The normalized spacial score (nSPS) is 17.7. The molecule has 1 amide bonds. The molecule has 7 nitrogen and oxygen atoms in total. The maximum atomic E-state index is 14.2. The van der Waals surface area contributed by atoms with E-state index in [0.717, 1.165) is 31.1 Å². The van der Waals surface area contributed by atoms with Crippen molar-refractivity contribution in [2.45, 2.75) is 0 Å². The lowest BCUT2D eigenvalue weighted by atomic mass is 10.1. The van der Waals surface area contributed by atoms with Gasteiger partial charge in [0.05, 0.1) is 28.5 Å². The van der Waals surface area contributed by atoms with Crippen molar-refractivity contribution >= 4 is 33.9 Å². The number of piperazine rings is 1. The molecule has 0 bridgehead atoms. The SMILES string of the molecule is O=C(c1cccc(Br)c1F)N1CCN(CC2=CN=CCN2c2ccn[nH]2)CC1. The third-order valence-corrected chi connectivity index (χ3v) is 5.56. The zero-order chi connectivity index (χ0) is 19.5. The van der Waals surface area contributed by atoms with E-state index < -0.39 is 5.82 Å². The third kappa shape index (κ3) is 3.85. The van der Waals surface area contributed by atoms with Crippen LogP contribution in [0.4, 0.5) is 10.2 Å². The van der Waals surface area contributed by atoms with E-state index in [1.807, 2.05) is 18.5 Å². The summed E-state index contributed by atoms with van der Waals surface area (Å²) in [6.45, 7) is 3.98. The number of benzene rings is 1. The fraction of sp³-hybridized carbons (Fsp3) is 0.316. The van der Waals surface area contributed by atoms with E-state index in [9.17, 15) is 9.18 Å². The number of nitrogens with zero attached hydrogens (tertiary/aromatic N) is 5. The predicted octanol–water partition coefficient (Wildman–Crippen LogP) is 2.50. The van der Waals surface area contributed by atoms with Crippen molar-refractivity contribution in [3.8, 4) is 0 Å². The van der Waals surface area contributed by atoms with Crippen molar-refractivity contribution in [1.82, 2.24) is 20.0 Å². The van der Waals surface area contributed by atoms with Gasteiger partial charge in [0.1, 0.15) is 11.6 Å². The van der Waals surface area contributed by atoms with Crippen LogP contribution in [-0.2, 0) is 0 Å². The van der Waals surface area contributed by atoms with E-state index in [4.69, 9.17) is 0 Å². The van der Waals surface area contributed by atoms with Crippen LogP contribution in [0.2, 0.25) is 0 Å². The van der Waals surface area contributed by atoms with Gasteiger partial charge >= 0.3 is 0 Å². The first-order valence-electron chi connectivity index (χ1n) is 9.06. The van der Waals surface area contributed by atoms with E-state index in [0.29, 0.717) is 24.1 Å². The minimum absolute atomic E-state index is 0.109. The molecule has 0 aliphatic carbocycles. The number of anilines is 1. The maximum absolute atomic E-state index is 14.2. The molecule has 1 aromatic heterocycles. The van der Waals surface area contributed by atoms with Gasteiger partial charge in [0, 0.05) is 51.2 Å². The Morgan fingerprint density at radius 2 is 2.04 bits per heavy atom. The van der Waals surface area contributed by atoms with Gasteiger partial charge in [-0.15, -0.1) is 0 Å². The number of aromatic nitrogens is 2. The summed E-state index contributed by atoms with van der Waals surface area (Å²) < 4.78 is 14.5. The fourth-order valence-corrected chi connectivity index (χ4v) is 3.78. The quantitative estimate of drug-likeness (QED) is 0.783. The molecule has 1 N–H and O–H groups in total. The van der Waals surface area contributed by atoms with E-state index in [1.54, 1.807) is 23.2 Å². The number of H-pyrrole nitrogens is 1. The minimum Gasteiger partial charge on any atom is -0.336 e. The molecular formula is C19H20BrFN6O. The van der Waals surface area contributed by atoms with Crippen molar-refractivity contribution in [1.29, 1.82) is 0 Å². The molecule has 0 spiro atoms. The Labute approximate surface area is 170 Å². The zero-order valence-electron chi connectivity index (χ0n) is 15.2. The standard InChI is InChI=1S/C19H20BrFN6O/c20-16-3-1-2-15(18(16)21)19(28)26-10-8-25(9-11-26)13-14-12-22-6-7-27(14)17-4-5-23-24-17/h1-6,12H,7-11,13H2,(H,23,24). The molecule has 2 aromatic rings. The molecule has 3 heterocycles. The van der Waals surface area contributed by atoms with Crippen LogP contribution in [-0.4, -0.2) is 71.4 Å². The summed E-state index contributed by atoms with van der Waals surface area (Å²) in [4.78, 5) is 23.1. The van der Waals surface area contributed by atoms with Crippen molar-refractivity contribution in [3.63, 3.8) is 0 Å². The number of hydrogen-bond donors (Lipinski definition) is 1. The maximum Gasteiger partial charge on any atom is 0.256 e. The number of halogens is 2. The number of nitrogens with one attached hydrogen (secondary N) is 1. The van der Waals surface area contributed by atoms with Crippen LogP contribution in [0.25, 0.3) is 0 Å². The molecule has 4 rings (SSSR count). The first-order chi connectivity index (χ1) is 13.6. The third-order valence-electron chi connectivity index (χ3n) is 4.94. The summed E-state index contributed by atoms with van der Waals surface area (Å²) >= 11 is 3.14. The molecule has 146 valence electrons. The Morgan fingerprint density at radius 1 is 1.21 bits per heavy atom. The molecule has 2 aliphatic heterocycles. The number of carbonyl (C=O) groups excluding carboxylic acids is 1. The minimum atomic E-state index is -0.504. The summed E-state index contributed by atoms with van der Waals surface area (Å²) in [6, 6.07) is 6.73. The lowest BCUT2D eigenvalue weighted by Gasteiger charge is -2.37. The molecular weight excluding hydrogens is 427 g/mol. The van der Waals surface area contributed by atoms with Crippen LogP contribution in [0, 0.1) is 5.82 Å². The monoisotopic (exact) mass is 446 g/mol. The largest absolute Gasteiger partial charge is 0.336 e. The van der Waals surface area contributed by atoms with Crippen LogP contribution in [0.1, 0.15) is 10.4 Å². The Balaban J connectivity index is 1.38. The molecule has 28 heavy (non-hydrogen) atoms. The topological polar surface area (TPSA) is 67.8 Å². The number of aromatic amines is 1. The van der Waals surface area contributed by atoms with Crippen LogP contribution < -0.4 is 4.90 Å². The summed E-state index contributed by atoms with van der Waals surface area (Å²) in [7, 11) is 0. The first-order valence-corrected chi connectivity index (χ1v) is 9.86. The zero-order valence-corrected chi connectivity index (χ0v) is 16.8. The highest BCUT2D eigenvalue weighted by Gasteiger charge is 2.26. The predicted molar refractivity (Wildman–Crippen MR) is 109 cm³/mol. The lowest BCUT2D eigenvalue weighted by molar-refractivity contribution is 0.0642. The number of hydrogen-bond acceptors (Lipinski definition) is 5. The van der Waals surface area contributed by atoms with Gasteiger partial charge in [-0.05, 0) is 28.1 Å². The van der Waals surface area contributed by atoms with Gasteiger partial charge < -0.3 is 9.80 Å². The van der Waals surface area contributed by atoms with E-state index in [-0.39, 0.29) is 11.5 Å². The highest BCUT2D eigenvalue weighted by molar-refractivity contribution is 9.10.